The lowest BCUT2D eigenvalue weighted by molar-refractivity contribution is 0.910. The molecule has 0 spiro atoms. The molecule has 0 aliphatic rings. The van der Waals surface area contributed by atoms with E-state index in [1.165, 1.54) is 21.2 Å². The highest BCUT2D eigenvalue weighted by Gasteiger charge is 2.33. The molecule has 0 N–H and O–H groups in total. The number of benzene rings is 4. The molecule has 4 aromatic rings. The van der Waals surface area contributed by atoms with Crippen molar-refractivity contribution in [2.45, 2.75) is 0 Å². The molecule has 4 rings (SSSR count). The Morgan fingerprint density at radius 2 is 0.862 bits per heavy atom. The van der Waals surface area contributed by atoms with Gasteiger partial charge in [0.2, 0.25) is 0 Å². The monoisotopic (exact) mass is 431 g/mol. The highest BCUT2D eigenvalue weighted by Crippen LogP contribution is 2.58. The van der Waals surface area contributed by atoms with Crippen molar-refractivity contribution >= 4 is 47.3 Å². The van der Waals surface area contributed by atoms with Crippen LogP contribution in [0.2, 0.25) is 0 Å². The quantitative estimate of drug-likeness (QED) is 0.395. The van der Waals surface area contributed by atoms with Crippen LogP contribution in [0.4, 0.5) is 0 Å². The van der Waals surface area contributed by atoms with E-state index in [9.17, 15) is 0 Å². The van der Waals surface area contributed by atoms with E-state index in [1.807, 2.05) is 0 Å². The van der Waals surface area contributed by atoms with Gasteiger partial charge in [-0.1, -0.05) is 133 Å². The molecule has 0 saturated heterocycles. The Hall–Kier alpha value is -2.08. The summed E-state index contributed by atoms with van der Waals surface area (Å²) in [5.41, 5.74) is 0. The van der Waals surface area contributed by atoms with Crippen molar-refractivity contribution in [1.29, 1.82) is 0 Å². The largest absolute Gasteiger partial charge is 0.241 e. The van der Waals surface area contributed by atoms with Crippen molar-refractivity contribution in [3.8, 4) is 0 Å². The van der Waals surface area contributed by atoms with Crippen LogP contribution in [0.3, 0.4) is 0 Å². The van der Waals surface area contributed by atoms with E-state index in [1.54, 1.807) is 0 Å². The van der Waals surface area contributed by atoms with E-state index >= 15 is 0 Å². The number of rotatable bonds is 6. The van der Waals surface area contributed by atoms with Crippen LogP contribution in [-0.2, 0) is 11.8 Å². The molecule has 0 heterocycles. The fourth-order valence-electron chi connectivity index (χ4n) is 3.49. The summed E-state index contributed by atoms with van der Waals surface area (Å²) < 4.78 is 2.49. The molecule has 0 bridgehead atoms. The minimum absolute atomic E-state index is 0.769. The molecule has 144 valence electrons. The summed E-state index contributed by atoms with van der Waals surface area (Å²) in [7, 11) is 1.45. The van der Waals surface area contributed by atoms with E-state index in [0.29, 0.717) is 0 Å². The van der Waals surface area contributed by atoms with Gasteiger partial charge in [0.15, 0.2) is 0 Å². The molecule has 0 saturated carbocycles. The van der Waals surface area contributed by atoms with Crippen molar-refractivity contribution in [2.75, 3.05) is 7.05 Å². The van der Waals surface area contributed by atoms with Crippen LogP contribution >= 0.6 is 14.3 Å². The van der Waals surface area contributed by atoms with Crippen molar-refractivity contribution < 1.29 is 0 Å². The van der Waals surface area contributed by atoms with Gasteiger partial charge < -0.3 is 0 Å². The Bertz CT molecular complexity index is 1000. The zero-order valence-electron chi connectivity index (χ0n) is 16.3. The average molecular weight is 431 g/mol. The number of hydrogen-bond acceptors (Lipinski definition) is 1. The zero-order valence-corrected chi connectivity index (χ0v) is 18.9. The highest BCUT2D eigenvalue weighted by atomic mass is 32.4. The van der Waals surface area contributed by atoms with Crippen LogP contribution in [0.25, 0.3) is 0 Å². The van der Waals surface area contributed by atoms with Gasteiger partial charge >= 0.3 is 0 Å². The molecule has 1 nitrogen and oxygen atoms in total. The second-order valence-electron chi connectivity index (χ2n) is 6.72. The van der Waals surface area contributed by atoms with Crippen molar-refractivity contribution in [1.82, 2.24) is 4.44 Å². The van der Waals surface area contributed by atoms with Gasteiger partial charge in [0.25, 0.3) is 0 Å². The van der Waals surface area contributed by atoms with Crippen molar-refractivity contribution in [3.05, 3.63) is 121 Å². The predicted molar refractivity (Wildman–Crippen MR) is 133 cm³/mol. The van der Waals surface area contributed by atoms with Crippen LogP contribution in [-0.4, -0.2) is 11.5 Å². The van der Waals surface area contributed by atoms with E-state index in [0.717, 1.165) is 0 Å². The summed E-state index contributed by atoms with van der Waals surface area (Å²) in [6, 6.07) is 42.8. The molecule has 0 aromatic heterocycles. The average Bonchev–Trinajstić information content (AvgIpc) is 2.81. The second kappa shape index (κ2) is 9.16. The standard InChI is InChI=1S/C25H23NP2S/c1-26(27(22-14-6-2-7-15-22)23-16-8-3-9-17-23)28(29,24-18-10-4-11-19-24)25-20-12-5-13-21-25/h2-21H,1H3. The van der Waals surface area contributed by atoms with E-state index in [4.69, 9.17) is 11.8 Å². The first-order valence-electron chi connectivity index (χ1n) is 9.57. The smallest absolute Gasteiger partial charge is 0.0746 e. The molecule has 4 heteroatoms. The van der Waals surface area contributed by atoms with Crippen LogP contribution < -0.4 is 21.2 Å². The van der Waals surface area contributed by atoms with Crippen LogP contribution in [0.15, 0.2) is 121 Å². The lowest BCUT2D eigenvalue weighted by Crippen LogP contribution is -2.31. The molecule has 0 atom stereocenters. The molecule has 0 fully saturated rings. The summed E-state index contributed by atoms with van der Waals surface area (Å²) in [5, 5.41) is 5.08. The van der Waals surface area contributed by atoms with Crippen LogP contribution in [0, 0.1) is 0 Å². The summed E-state index contributed by atoms with van der Waals surface area (Å²) in [6.45, 7) is 0. The van der Waals surface area contributed by atoms with Gasteiger partial charge in [0.05, 0.1) is 6.19 Å². The SMILES string of the molecule is CN(P(c1ccccc1)c1ccccc1)P(=S)(c1ccccc1)c1ccccc1. The van der Waals surface area contributed by atoms with Gasteiger partial charge in [0, 0.05) is 18.7 Å². The molecule has 0 unspecified atom stereocenters. The molecule has 0 radical (unpaired) electrons. The third kappa shape index (κ3) is 4.13. The van der Waals surface area contributed by atoms with Gasteiger partial charge in [-0.25, -0.2) is 4.44 Å². The summed E-state index contributed by atoms with van der Waals surface area (Å²) >= 11 is 6.59. The molecule has 29 heavy (non-hydrogen) atoms. The minimum atomic E-state index is -2.21. The fourth-order valence-corrected chi connectivity index (χ4v) is 11.1. The molecular weight excluding hydrogens is 408 g/mol. The second-order valence-corrected chi connectivity index (χ2v) is 13.7. The van der Waals surface area contributed by atoms with Gasteiger partial charge in [-0.2, -0.15) is 0 Å². The maximum Gasteiger partial charge on any atom is 0.0746 e. The first-order valence-corrected chi connectivity index (χ1v) is 13.6. The maximum atomic E-state index is 6.59. The Labute approximate surface area is 179 Å². The van der Waals surface area contributed by atoms with Gasteiger partial charge in [0.1, 0.15) is 0 Å². The van der Waals surface area contributed by atoms with Gasteiger partial charge in [-0.3, -0.25) is 0 Å². The predicted octanol–water partition coefficient (Wildman–Crippen LogP) is 5.01. The van der Waals surface area contributed by atoms with Gasteiger partial charge in [-0.05, 0) is 17.7 Å². The molecule has 4 aromatic carbocycles. The van der Waals surface area contributed by atoms with Crippen LogP contribution in [0.1, 0.15) is 0 Å². The lowest BCUT2D eigenvalue weighted by atomic mass is 10.4. The normalized spacial score (nSPS) is 11.7. The van der Waals surface area contributed by atoms with Crippen molar-refractivity contribution in [2.24, 2.45) is 0 Å². The van der Waals surface area contributed by atoms with E-state index < -0.39 is 14.3 Å². The lowest BCUT2D eigenvalue weighted by Gasteiger charge is -2.39. The topological polar surface area (TPSA) is 3.24 Å². The number of hydrogen-bond donors (Lipinski definition) is 0. The minimum Gasteiger partial charge on any atom is -0.241 e. The zero-order chi connectivity index (χ0) is 20.1. The molecule has 0 aliphatic heterocycles. The molecular formula is C25H23NP2S. The van der Waals surface area contributed by atoms with E-state index in [2.05, 4.69) is 133 Å². The summed E-state index contributed by atoms with van der Waals surface area (Å²) in [6.07, 6.45) is -2.21. The van der Waals surface area contributed by atoms with Crippen LogP contribution in [0.5, 0.6) is 0 Å². The van der Waals surface area contributed by atoms with Crippen molar-refractivity contribution in [3.63, 3.8) is 0 Å². The summed E-state index contributed by atoms with van der Waals surface area (Å²) in [5.74, 6) is 0. The Kier molecular flexibility index (Phi) is 6.38. The third-order valence-corrected chi connectivity index (χ3v) is 13.6. The Morgan fingerprint density at radius 1 is 0.552 bits per heavy atom. The molecule has 0 aliphatic carbocycles. The Balaban J connectivity index is 1.92. The highest BCUT2D eigenvalue weighted by molar-refractivity contribution is 8.22. The van der Waals surface area contributed by atoms with E-state index in [-0.39, 0.29) is 0 Å². The third-order valence-electron chi connectivity index (χ3n) is 4.91. The molecule has 0 amide bonds. The Morgan fingerprint density at radius 3 is 1.21 bits per heavy atom. The van der Waals surface area contributed by atoms with Gasteiger partial charge in [-0.15, -0.1) is 0 Å². The first-order chi connectivity index (χ1) is 14.2. The summed E-state index contributed by atoms with van der Waals surface area (Å²) in [4.78, 5) is 0. The maximum absolute atomic E-state index is 6.59. The number of nitrogens with zero attached hydrogens (tertiary/aromatic N) is 1. The first kappa shape index (κ1) is 20.2. The fraction of sp³-hybridized carbons (Fsp3) is 0.0400.